The summed E-state index contributed by atoms with van der Waals surface area (Å²) in [5.41, 5.74) is 5.91. The summed E-state index contributed by atoms with van der Waals surface area (Å²) in [7, 11) is 0. The summed E-state index contributed by atoms with van der Waals surface area (Å²) >= 11 is 0. The van der Waals surface area contributed by atoms with Crippen molar-refractivity contribution in [2.75, 3.05) is 0 Å². The second-order valence-corrected chi connectivity index (χ2v) is 6.08. The molecular formula is C14H21N5O2. The van der Waals surface area contributed by atoms with E-state index in [9.17, 15) is 0 Å². The molecule has 2 heterocycles. The SMILES string of the molecule is CC(C)c1noc(CCc2nc(C3(N)CCCC3)no2)n1. The summed E-state index contributed by atoms with van der Waals surface area (Å²) in [5, 5.41) is 7.97. The fourth-order valence-corrected chi connectivity index (χ4v) is 2.61. The third-order valence-electron chi connectivity index (χ3n) is 3.96. The van der Waals surface area contributed by atoms with Crippen LogP contribution in [0.4, 0.5) is 0 Å². The Morgan fingerprint density at radius 1 is 1.05 bits per heavy atom. The van der Waals surface area contributed by atoms with Crippen molar-refractivity contribution in [1.82, 2.24) is 20.3 Å². The first-order valence-electron chi connectivity index (χ1n) is 7.51. The highest BCUT2D eigenvalue weighted by Gasteiger charge is 2.35. The van der Waals surface area contributed by atoms with Gasteiger partial charge in [0.05, 0.1) is 5.54 Å². The van der Waals surface area contributed by atoms with Gasteiger partial charge in [-0.05, 0) is 12.8 Å². The van der Waals surface area contributed by atoms with Crippen molar-refractivity contribution >= 4 is 0 Å². The predicted molar refractivity (Wildman–Crippen MR) is 74.4 cm³/mol. The van der Waals surface area contributed by atoms with Crippen LogP contribution in [0.3, 0.4) is 0 Å². The smallest absolute Gasteiger partial charge is 0.227 e. The Morgan fingerprint density at radius 2 is 1.67 bits per heavy atom. The van der Waals surface area contributed by atoms with Crippen molar-refractivity contribution in [2.24, 2.45) is 5.73 Å². The Labute approximate surface area is 123 Å². The van der Waals surface area contributed by atoms with E-state index in [0.717, 1.165) is 31.5 Å². The average Bonchev–Trinajstić information content (AvgIpc) is 3.17. The predicted octanol–water partition coefficient (Wildman–Crippen LogP) is 2.09. The molecule has 0 atom stereocenters. The zero-order chi connectivity index (χ0) is 14.9. The summed E-state index contributed by atoms with van der Waals surface area (Å²) in [6.45, 7) is 4.06. The summed E-state index contributed by atoms with van der Waals surface area (Å²) in [6.07, 6.45) is 5.28. The first-order chi connectivity index (χ1) is 10.1. The lowest BCUT2D eigenvalue weighted by Crippen LogP contribution is -2.34. The number of rotatable bonds is 5. The van der Waals surface area contributed by atoms with E-state index in [1.165, 1.54) is 0 Å². The Kier molecular flexibility index (Phi) is 3.75. The molecule has 7 heteroatoms. The molecule has 0 aromatic carbocycles. The topological polar surface area (TPSA) is 104 Å². The van der Waals surface area contributed by atoms with Gasteiger partial charge in [0.15, 0.2) is 11.6 Å². The first-order valence-corrected chi connectivity index (χ1v) is 7.51. The molecule has 0 bridgehead atoms. The van der Waals surface area contributed by atoms with E-state index >= 15 is 0 Å². The molecule has 0 saturated heterocycles. The highest BCUT2D eigenvalue weighted by Crippen LogP contribution is 2.34. The van der Waals surface area contributed by atoms with Gasteiger partial charge in [0.25, 0.3) is 0 Å². The summed E-state index contributed by atoms with van der Waals surface area (Å²) in [4.78, 5) is 8.76. The minimum absolute atomic E-state index is 0.261. The molecule has 0 radical (unpaired) electrons. The van der Waals surface area contributed by atoms with E-state index in [4.69, 9.17) is 14.8 Å². The van der Waals surface area contributed by atoms with Gasteiger partial charge in [-0.3, -0.25) is 0 Å². The number of hydrogen-bond donors (Lipinski definition) is 1. The monoisotopic (exact) mass is 291 g/mol. The summed E-state index contributed by atoms with van der Waals surface area (Å²) in [5.74, 6) is 2.79. The highest BCUT2D eigenvalue weighted by atomic mass is 16.5. The minimum Gasteiger partial charge on any atom is -0.339 e. The zero-order valence-corrected chi connectivity index (χ0v) is 12.5. The van der Waals surface area contributed by atoms with Crippen molar-refractivity contribution in [1.29, 1.82) is 0 Å². The molecule has 2 N–H and O–H groups in total. The van der Waals surface area contributed by atoms with E-state index in [0.29, 0.717) is 30.4 Å². The van der Waals surface area contributed by atoms with Crippen LogP contribution in [0, 0.1) is 0 Å². The lowest BCUT2D eigenvalue weighted by atomic mass is 9.99. The fourth-order valence-electron chi connectivity index (χ4n) is 2.61. The molecule has 0 amide bonds. The van der Waals surface area contributed by atoms with Gasteiger partial charge in [-0.1, -0.05) is 37.0 Å². The molecule has 21 heavy (non-hydrogen) atoms. The van der Waals surface area contributed by atoms with Crippen LogP contribution < -0.4 is 5.73 Å². The van der Waals surface area contributed by atoms with Gasteiger partial charge in [-0.2, -0.15) is 9.97 Å². The molecule has 0 spiro atoms. The van der Waals surface area contributed by atoms with Gasteiger partial charge in [0.2, 0.25) is 11.8 Å². The van der Waals surface area contributed by atoms with E-state index in [2.05, 4.69) is 20.3 Å². The molecule has 1 aliphatic carbocycles. The first kappa shape index (κ1) is 14.2. The fraction of sp³-hybridized carbons (Fsp3) is 0.714. The number of aromatic nitrogens is 4. The van der Waals surface area contributed by atoms with Crippen molar-refractivity contribution in [3.63, 3.8) is 0 Å². The van der Waals surface area contributed by atoms with Crippen molar-refractivity contribution in [3.8, 4) is 0 Å². The van der Waals surface area contributed by atoms with Gasteiger partial charge < -0.3 is 14.8 Å². The number of nitrogens with two attached hydrogens (primary N) is 1. The molecule has 1 aliphatic rings. The third kappa shape index (κ3) is 2.97. The molecule has 1 saturated carbocycles. The molecule has 0 aliphatic heterocycles. The molecule has 0 unspecified atom stereocenters. The van der Waals surface area contributed by atoms with Crippen LogP contribution in [-0.4, -0.2) is 20.3 Å². The largest absolute Gasteiger partial charge is 0.339 e. The minimum atomic E-state index is -0.406. The Balaban J connectivity index is 1.62. The molecule has 7 nitrogen and oxygen atoms in total. The van der Waals surface area contributed by atoms with Crippen LogP contribution in [0.1, 0.15) is 68.9 Å². The van der Waals surface area contributed by atoms with Crippen molar-refractivity contribution < 1.29 is 9.05 Å². The van der Waals surface area contributed by atoms with E-state index in [1.807, 2.05) is 13.8 Å². The summed E-state index contributed by atoms with van der Waals surface area (Å²) < 4.78 is 10.5. The molecule has 2 aromatic rings. The van der Waals surface area contributed by atoms with Crippen LogP contribution in [0.5, 0.6) is 0 Å². The van der Waals surface area contributed by atoms with Crippen LogP contribution >= 0.6 is 0 Å². The average molecular weight is 291 g/mol. The maximum Gasteiger partial charge on any atom is 0.227 e. The van der Waals surface area contributed by atoms with Crippen LogP contribution in [-0.2, 0) is 18.4 Å². The zero-order valence-electron chi connectivity index (χ0n) is 12.5. The lowest BCUT2D eigenvalue weighted by Gasteiger charge is -2.17. The van der Waals surface area contributed by atoms with Gasteiger partial charge >= 0.3 is 0 Å². The number of aryl methyl sites for hydroxylation is 2. The van der Waals surface area contributed by atoms with Gasteiger partial charge in [0, 0.05) is 18.8 Å². The molecule has 114 valence electrons. The highest BCUT2D eigenvalue weighted by molar-refractivity contribution is 5.06. The molecule has 3 rings (SSSR count). The molecular weight excluding hydrogens is 270 g/mol. The van der Waals surface area contributed by atoms with Gasteiger partial charge in [0.1, 0.15) is 0 Å². The van der Waals surface area contributed by atoms with Crippen LogP contribution in [0.2, 0.25) is 0 Å². The van der Waals surface area contributed by atoms with Gasteiger partial charge in [-0.15, -0.1) is 0 Å². The van der Waals surface area contributed by atoms with E-state index in [1.54, 1.807) is 0 Å². The summed E-state index contributed by atoms with van der Waals surface area (Å²) in [6, 6.07) is 0. The second kappa shape index (κ2) is 5.55. The maximum absolute atomic E-state index is 6.31. The van der Waals surface area contributed by atoms with Gasteiger partial charge in [-0.25, -0.2) is 0 Å². The number of hydrogen-bond acceptors (Lipinski definition) is 7. The molecule has 2 aromatic heterocycles. The standard InChI is InChI=1S/C14H21N5O2/c1-9(2)12-16-10(20-18-12)5-6-11-17-13(19-21-11)14(15)7-3-4-8-14/h9H,3-8,15H2,1-2H3. The molecule has 1 fully saturated rings. The Hall–Kier alpha value is -1.76. The Morgan fingerprint density at radius 3 is 2.29 bits per heavy atom. The van der Waals surface area contributed by atoms with Crippen molar-refractivity contribution in [3.05, 3.63) is 23.4 Å². The second-order valence-electron chi connectivity index (χ2n) is 6.08. The van der Waals surface area contributed by atoms with Crippen LogP contribution in [0.15, 0.2) is 9.05 Å². The quantitative estimate of drug-likeness (QED) is 0.899. The lowest BCUT2D eigenvalue weighted by molar-refractivity contribution is 0.338. The van der Waals surface area contributed by atoms with Crippen LogP contribution in [0.25, 0.3) is 0 Å². The number of nitrogens with zero attached hydrogens (tertiary/aromatic N) is 4. The van der Waals surface area contributed by atoms with E-state index in [-0.39, 0.29) is 5.92 Å². The normalized spacial score (nSPS) is 17.7. The van der Waals surface area contributed by atoms with E-state index < -0.39 is 5.54 Å². The maximum atomic E-state index is 6.31. The third-order valence-corrected chi connectivity index (χ3v) is 3.96. The van der Waals surface area contributed by atoms with Crippen molar-refractivity contribution in [2.45, 2.75) is 63.8 Å². The Bertz CT molecular complexity index is 598.